The molecule has 1 aromatic heterocycles. The highest BCUT2D eigenvalue weighted by Gasteiger charge is 2.13. The van der Waals surface area contributed by atoms with Gasteiger partial charge in [-0.25, -0.2) is 0 Å². The number of pyridine rings is 1. The van der Waals surface area contributed by atoms with E-state index in [1.165, 1.54) is 5.56 Å². The van der Waals surface area contributed by atoms with Gasteiger partial charge >= 0.3 is 0 Å². The highest BCUT2D eigenvalue weighted by atomic mass is 16.1. The molecule has 1 atom stereocenters. The maximum absolute atomic E-state index is 11.1. The molecule has 16 heavy (non-hydrogen) atoms. The molecule has 1 unspecified atom stereocenters. The van der Waals surface area contributed by atoms with Gasteiger partial charge in [0.15, 0.2) is 0 Å². The lowest BCUT2D eigenvalue weighted by atomic mass is 10.1. The van der Waals surface area contributed by atoms with Crippen LogP contribution in [0.1, 0.15) is 32.8 Å². The zero-order valence-corrected chi connectivity index (χ0v) is 10.3. The van der Waals surface area contributed by atoms with Gasteiger partial charge in [0.25, 0.3) is 0 Å². The number of nitrogens with zero attached hydrogens (tertiary/aromatic N) is 2. The molecule has 0 spiro atoms. The van der Waals surface area contributed by atoms with E-state index in [4.69, 9.17) is 0 Å². The number of carbonyl (C=O) groups excluding carboxylic acids is 1. The van der Waals surface area contributed by atoms with Gasteiger partial charge in [-0.3, -0.25) is 14.7 Å². The van der Waals surface area contributed by atoms with Crippen LogP contribution in [-0.4, -0.2) is 28.3 Å². The van der Waals surface area contributed by atoms with E-state index in [0.29, 0.717) is 12.5 Å². The van der Waals surface area contributed by atoms with Crippen molar-refractivity contribution in [2.24, 2.45) is 0 Å². The van der Waals surface area contributed by atoms with Gasteiger partial charge in [0.2, 0.25) is 0 Å². The number of Topliss-reactive ketones (excluding diaryl/α,β-unsaturated/α-hetero) is 1. The maximum atomic E-state index is 11.1. The van der Waals surface area contributed by atoms with Crippen LogP contribution in [-0.2, 0) is 11.3 Å². The summed E-state index contributed by atoms with van der Waals surface area (Å²) in [6, 6.07) is 4.34. The average molecular weight is 220 g/mol. The van der Waals surface area contributed by atoms with Crippen molar-refractivity contribution in [3.05, 3.63) is 30.1 Å². The van der Waals surface area contributed by atoms with Gasteiger partial charge in [-0.05, 0) is 38.1 Å². The van der Waals surface area contributed by atoms with Crippen molar-refractivity contribution in [1.29, 1.82) is 0 Å². The first-order chi connectivity index (χ1) is 7.63. The van der Waals surface area contributed by atoms with Crippen molar-refractivity contribution in [3.8, 4) is 0 Å². The van der Waals surface area contributed by atoms with Crippen LogP contribution >= 0.6 is 0 Å². The average Bonchev–Trinajstić information content (AvgIpc) is 2.26. The smallest absolute Gasteiger partial charge is 0.131 e. The second kappa shape index (κ2) is 6.38. The molecule has 0 aliphatic heterocycles. The van der Waals surface area contributed by atoms with Crippen LogP contribution < -0.4 is 0 Å². The van der Waals surface area contributed by atoms with Gasteiger partial charge in [-0.15, -0.1) is 0 Å². The van der Waals surface area contributed by atoms with Crippen LogP contribution in [0.5, 0.6) is 0 Å². The first-order valence-corrected chi connectivity index (χ1v) is 5.76. The Kier molecular flexibility index (Phi) is 5.12. The third-order valence-electron chi connectivity index (χ3n) is 2.75. The van der Waals surface area contributed by atoms with E-state index in [2.05, 4.69) is 23.7 Å². The van der Waals surface area contributed by atoms with Crippen molar-refractivity contribution in [2.45, 2.75) is 39.8 Å². The summed E-state index contributed by atoms with van der Waals surface area (Å²) in [5, 5.41) is 0. The molecule has 0 bridgehead atoms. The van der Waals surface area contributed by atoms with Gasteiger partial charge in [0, 0.05) is 31.4 Å². The lowest BCUT2D eigenvalue weighted by Gasteiger charge is -2.27. The Bertz CT molecular complexity index is 324. The fraction of sp³-hybridized carbons (Fsp3) is 0.538. The van der Waals surface area contributed by atoms with Gasteiger partial charge in [-0.1, -0.05) is 6.92 Å². The molecular formula is C13H20N2O. The Balaban J connectivity index is 2.58. The fourth-order valence-corrected chi connectivity index (χ4v) is 1.85. The van der Waals surface area contributed by atoms with Crippen LogP contribution in [0, 0.1) is 0 Å². The van der Waals surface area contributed by atoms with Crippen LogP contribution in [0.3, 0.4) is 0 Å². The third-order valence-corrected chi connectivity index (χ3v) is 2.75. The topological polar surface area (TPSA) is 33.2 Å². The highest BCUT2D eigenvalue weighted by molar-refractivity contribution is 5.76. The van der Waals surface area contributed by atoms with E-state index < -0.39 is 0 Å². The Labute approximate surface area is 97.5 Å². The second-order valence-corrected chi connectivity index (χ2v) is 4.17. The number of hydrogen-bond donors (Lipinski definition) is 0. The molecule has 0 aliphatic rings. The minimum Gasteiger partial charge on any atom is -0.300 e. The molecular weight excluding hydrogens is 200 g/mol. The molecule has 0 saturated heterocycles. The van der Waals surface area contributed by atoms with E-state index in [-0.39, 0.29) is 5.78 Å². The summed E-state index contributed by atoms with van der Waals surface area (Å²) in [7, 11) is 0. The summed E-state index contributed by atoms with van der Waals surface area (Å²) in [6.07, 6.45) is 4.23. The zero-order valence-electron chi connectivity index (χ0n) is 10.3. The van der Waals surface area contributed by atoms with Crippen LogP contribution in [0.15, 0.2) is 24.5 Å². The van der Waals surface area contributed by atoms with E-state index in [1.807, 2.05) is 12.1 Å². The largest absolute Gasteiger partial charge is 0.300 e. The van der Waals surface area contributed by atoms with Crippen LogP contribution in [0.25, 0.3) is 0 Å². The molecule has 3 nitrogen and oxygen atoms in total. The molecule has 0 saturated carbocycles. The fourth-order valence-electron chi connectivity index (χ4n) is 1.85. The van der Waals surface area contributed by atoms with E-state index in [9.17, 15) is 4.79 Å². The first kappa shape index (κ1) is 12.8. The predicted octanol–water partition coefficient (Wildman–Crippen LogP) is 2.27. The Morgan fingerprint density at radius 1 is 1.44 bits per heavy atom. The monoisotopic (exact) mass is 220 g/mol. The van der Waals surface area contributed by atoms with E-state index in [0.717, 1.165) is 13.1 Å². The summed E-state index contributed by atoms with van der Waals surface area (Å²) in [5.41, 5.74) is 1.24. The summed E-state index contributed by atoms with van der Waals surface area (Å²) >= 11 is 0. The molecule has 0 fully saturated rings. The molecule has 0 amide bonds. The molecule has 88 valence electrons. The van der Waals surface area contributed by atoms with Crippen LogP contribution in [0.2, 0.25) is 0 Å². The molecule has 0 aliphatic carbocycles. The predicted molar refractivity (Wildman–Crippen MR) is 65.1 cm³/mol. The number of ketones is 1. The lowest BCUT2D eigenvalue weighted by molar-refractivity contribution is -0.118. The van der Waals surface area contributed by atoms with Gasteiger partial charge in [-0.2, -0.15) is 0 Å². The zero-order chi connectivity index (χ0) is 12.0. The van der Waals surface area contributed by atoms with Crippen molar-refractivity contribution >= 4 is 5.78 Å². The summed E-state index contributed by atoms with van der Waals surface area (Å²) in [5.74, 6) is 0.251. The summed E-state index contributed by atoms with van der Waals surface area (Å²) in [4.78, 5) is 17.4. The second-order valence-electron chi connectivity index (χ2n) is 4.17. The highest BCUT2D eigenvalue weighted by Crippen LogP contribution is 2.09. The normalized spacial score (nSPS) is 12.8. The number of carbonyl (C=O) groups is 1. The first-order valence-electron chi connectivity index (χ1n) is 5.76. The van der Waals surface area contributed by atoms with Gasteiger partial charge < -0.3 is 0 Å². The van der Waals surface area contributed by atoms with Crippen LogP contribution in [0.4, 0.5) is 0 Å². The summed E-state index contributed by atoms with van der Waals surface area (Å²) < 4.78 is 0. The van der Waals surface area contributed by atoms with Gasteiger partial charge in [0.1, 0.15) is 5.78 Å². The molecule has 0 N–H and O–H groups in total. The van der Waals surface area contributed by atoms with Crippen molar-refractivity contribution < 1.29 is 4.79 Å². The quantitative estimate of drug-likeness (QED) is 0.737. The lowest BCUT2D eigenvalue weighted by Crippen LogP contribution is -2.33. The molecule has 1 heterocycles. The summed E-state index contributed by atoms with van der Waals surface area (Å²) in [6.45, 7) is 7.71. The third kappa shape index (κ3) is 4.11. The molecule has 0 aromatic carbocycles. The van der Waals surface area contributed by atoms with Crippen molar-refractivity contribution in [3.63, 3.8) is 0 Å². The van der Waals surface area contributed by atoms with Gasteiger partial charge in [0.05, 0.1) is 0 Å². The number of rotatable bonds is 6. The standard InChI is InChI=1S/C13H20N2O/c1-4-15(11(2)9-12(3)16)10-13-5-7-14-8-6-13/h5-8,11H,4,9-10H2,1-3H3. The molecule has 3 heteroatoms. The number of aromatic nitrogens is 1. The molecule has 1 rings (SSSR count). The van der Waals surface area contributed by atoms with Crippen molar-refractivity contribution in [2.75, 3.05) is 6.54 Å². The Hall–Kier alpha value is -1.22. The number of hydrogen-bond acceptors (Lipinski definition) is 3. The molecule has 1 aromatic rings. The van der Waals surface area contributed by atoms with Crippen molar-refractivity contribution in [1.82, 2.24) is 9.88 Å². The molecule has 0 radical (unpaired) electrons. The Morgan fingerprint density at radius 2 is 2.06 bits per heavy atom. The van der Waals surface area contributed by atoms with E-state index in [1.54, 1.807) is 19.3 Å². The minimum atomic E-state index is 0.251. The maximum Gasteiger partial charge on any atom is 0.131 e. The SMILES string of the molecule is CCN(Cc1ccncc1)C(C)CC(C)=O. The Morgan fingerprint density at radius 3 is 2.56 bits per heavy atom. The minimum absolute atomic E-state index is 0.251. The van der Waals surface area contributed by atoms with E-state index >= 15 is 0 Å².